The maximum atomic E-state index is 6.21. The predicted molar refractivity (Wildman–Crippen MR) is 80.6 cm³/mol. The van der Waals surface area contributed by atoms with Gasteiger partial charge in [0.15, 0.2) is 0 Å². The van der Waals surface area contributed by atoms with Gasteiger partial charge in [0.1, 0.15) is 0 Å². The van der Waals surface area contributed by atoms with Gasteiger partial charge in [-0.25, -0.2) is 0 Å². The summed E-state index contributed by atoms with van der Waals surface area (Å²) in [6.07, 6.45) is 5.49. The summed E-state index contributed by atoms with van der Waals surface area (Å²) >= 11 is 6.21. The van der Waals surface area contributed by atoms with Gasteiger partial charge in [-0.15, -0.1) is 11.6 Å². The summed E-state index contributed by atoms with van der Waals surface area (Å²) in [4.78, 5) is 0. The van der Waals surface area contributed by atoms with Crippen LogP contribution in [0.2, 0.25) is 0 Å². The Bertz CT molecular complexity index is 366. The van der Waals surface area contributed by atoms with Crippen molar-refractivity contribution >= 4 is 11.6 Å². The van der Waals surface area contributed by atoms with Gasteiger partial charge in [0.05, 0.1) is 0 Å². The fourth-order valence-corrected chi connectivity index (χ4v) is 3.51. The Morgan fingerprint density at radius 3 is 2.11 bits per heavy atom. The molecule has 1 aliphatic rings. The molecule has 0 N–H and O–H groups in total. The Hall–Kier alpha value is -0.490. The Kier molecular flexibility index (Phi) is 4.37. The van der Waals surface area contributed by atoms with Crippen molar-refractivity contribution in [3.05, 3.63) is 35.4 Å². The summed E-state index contributed by atoms with van der Waals surface area (Å²) in [7, 11) is 0. The van der Waals surface area contributed by atoms with Gasteiger partial charge in [-0.05, 0) is 35.3 Å². The molecule has 1 unspecified atom stereocenters. The highest BCUT2D eigenvalue weighted by atomic mass is 35.5. The van der Waals surface area contributed by atoms with Crippen LogP contribution in [0.25, 0.3) is 0 Å². The van der Waals surface area contributed by atoms with E-state index >= 15 is 0 Å². The number of rotatable bonds is 3. The molecule has 2 rings (SSSR count). The molecule has 1 aromatic rings. The van der Waals surface area contributed by atoms with Crippen LogP contribution in [0, 0.1) is 5.92 Å². The standard InChI is InChI=1S/C17H25Cl/c1-17(2,3)15-10-8-14(9-11-15)16(12-18)13-6-4-5-7-13/h8-11,13,16H,4-7,12H2,1-3H3. The first kappa shape index (κ1) is 13.9. The number of benzene rings is 1. The highest BCUT2D eigenvalue weighted by molar-refractivity contribution is 6.18. The van der Waals surface area contributed by atoms with E-state index in [1.54, 1.807) is 0 Å². The van der Waals surface area contributed by atoms with Crippen LogP contribution in [0.15, 0.2) is 24.3 Å². The lowest BCUT2D eigenvalue weighted by Gasteiger charge is -2.24. The third-order valence-electron chi connectivity index (χ3n) is 4.34. The van der Waals surface area contributed by atoms with E-state index in [4.69, 9.17) is 11.6 Å². The average Bonchev–Trinajstić information content (AvgIpc) is 2.83. The van der Waals surface area contributed by atoms with Gasteiger partial charge in [0.25, 0.3) is 0 Å². The smallest absolute Gasteiger partial charge is 0.0294 e. The zero-order chi connectivity index (χ0) is 13.2. The zero-order valence-electron chi connectivity index (χ0n) is 11.9. The molecule has 18 heavy (non-hydrogen) atoms. The molecule has 0 nitrogen and oxygen atoms in total. The van der Waals surface area contributed by atoms with E-state index in [0.717, 1.165) is 11.8 Å². The fraction of sp³-hybridized carbons (Fsp3) is 0.647. The molecule has 0 radical (unpaired) electrons. The maximum Gasteiger partial charge on any atom is 0.0294 e. The molecule has 0 saturated heterocycles. The van der Waals surface area contributed by atoms with Crippen LogP contribution in [0.1, 0.15) is 63.5 Å². The lowest BCUT2D eigenvalue weighted by Crippen LogP contribution is -2.14. The van der Waals surface area contributed by atoms with Crippen LogP contribution in [-0.4, -0.2) is 5.88 Å². The molecule has 0 aliphatic heterocycles. The lowest BCUT2D eigenvalue weighted by atomic mass is 9.82. The van der Waals surface area contributed by atoms with Crippen LogP contribution in [0.5, 0.6) is 0 Å². The van der Waals surface area contributed by atoms with Crippen molar-refractivity contribution in [2.24, 2.45) is 5.92 Å². The maximum absolute atomic E-state index is 6.21. The van der Waals surface area contributed by atoms with Gasteiger partial charge >= 0.3 is 0 Å². The molecule has 0 heterocycles. The average molecular weight is 265 g/mol. The zero-order valence-corrected chi connectivity index (χ0v) is 12.6. The normalized spacial score (nSPS) is 19.1. The van der Waals surface area contributed by atoms with Crippen molar-refractivity contribution in [2.75, 3.05) is 5.88 Å². The highest BCUT2D eigenvalue weighted by Gasteiger charge is 2.25. The minimum absolute atomic E-state index is 0.238. The van der Waals surface area contributed by atoms with Crippen LogP contribution in [0.3, 0.4) is 0 Å². The quantitative estimate of drug-likeness (QED) is 0.633. The van der Waals surface area contributed by atoms with Crippen LogP contribution in [-0.2, 0) is 5.41 Å². The van der Waals surface area contributed by atoms with Gasteiger partial charge in [0.2, 0.25) is 0 Å². The molecule has 1 heteroatoms. The van der Waals surface area contributed by atoms with Gasteiger partial charge in [-0.2, -0.15) is 0 Å². The molecule has 0 bridgehead atoms. The molecule has 0 amide bonds. The second-order valence-corrected chi connectivity index (χ2v) is 6.99. The molecule has 1 aliphatic carbocycles. The molecule has 0 spiro atoms. The predicted octanol–water partition coefficient (Wildman–Crippen LogP) is 5.50. The summed E-state index contributed by atoms with van der Waals surface area (Å²) in [5, 5.41) is 0. The fourth-order valence-electron chi connectivity index (χ4n) is 3.08. The summed E-state index contributed by atoms with van der Waals surface area (Å²) in [6.45, 7) is 6.79. The SMILES string of the molecule is CC(C)(C)c1ccc(C(CCl)C2CCCC2)cc1. The van der Waals surface area contributed by atoms with Crippen molar-refractivity contribution < 1.29 is 0 Å². The Balaban J connectivity index is 2.16. The topological polar surface area (TPSA) is 0 Å². The summed E-state index contributed by atoms with van der Waals surface area (Å²) < 4.78 is 0. The van der Waals surface area contributed by atoms with E-state index in [1.165, 1.54) is 36.8 Å². The van der Waals surface area contributed by atoms with E-state index in [2.05, 4.69) is 45.0 Å². The van der Waals surface area contributed by atoms with Gasteiger partial charge in [-0.1, -0.05) is 57.9 Å². The van der Waals surface area contributed by atoms with Gasteiger partial charge in [0, 0.05) is 11.8 Å². The summed E-state index contributed by atoms with van der Waals surface area (Å²) in [5.74, 6) is 2.13. The van der Waals surface area contributed by atoms with Gasteiger partial charge in [-0.3, -0.25) is 0 Å². The molecule has 100 valence electrons. The van der Waals surface area contributed by atoms with E-state index < -0.39 is 0 Å². The second kappa shape index (κ2) is 5.65. The third-order valence-corrected chi connectivity index (χ3v) is 4.67. The monoisotopic (exact) mass is 264 g/mol. The first-order valence-corrected chi connectivity index (χ1v) is 7.72. The van der Waals surface area contributed by atoms with Crippen molar-refractivity contribution in [3.63, 3.8) is 0 Å². The largest absolute Gasteiger partial charge is 0.126 e. The van der Waals surface area contributed by atoms with Crippen molar-refractivity contribution in [1.29, 1.82) is 0 Å². The van der Waals surface area contributed by atoms with Crippen molar-refractivity contribution in [1.82, 2.24) is 0 Å². The molecule has 1 saturated carbocycles. The van der Waals surface area contributed by atoms with Crippen LogP contribution >= 0.6 is 11.6 Å². The van der Waals surface area contributed by atoms with Crippen LogP contribution < -0.4 is 0 Å². The van der Waals surface area contributed by atoms with E-state index in [9.17, 15) is 0 Å². The summed E-state index contributed by atoms with van der Waals surface area (Å²) in [5.41, 5.74) is 3.08. The lowest BCUT2D eigenvalue weighted by molar-refractivity contribution is 0.464. The third kappa shape index (κ3) is 3.09. The molecule has 1 aromatic carbocycles. The summed E-state index contributed by atoms with van der Waals surface area (Å²) in [6, 6.07) is 9.16. The highest BCUT2D eigenvalue weighted by Crippen LogP contribution is 2.38. The van der Waals surface area contributed by atoms with E-state index in [-0.39, 0.29) is 5.41 Å². The van der Waals surface area contributed by atoms with Crippen LogP contribution in [0.4, 0.5) is 0 Å². The first-order valence-electron chi connectivity index (χ1n) is 7.19. The molecular formula is C17H25Cl. The van der Waals surface area contributed by atoms with Crippen molar-refractivity contribution in [2.45, 2.75) is 57.8 Å². The molecule has 0 aromatic heterocycles. The molecule has 1 fully saturated rings. The number of halogens is 1. The van der Waals surface area contributed by atoms with E-state index in [1.807, 2.05) is 0 Å². The minimum atomic E-state index is 0.238. The second-order valence-electron chi connectivity index (χ2n) is 6.68. The van der Waals surface area contributed by atoms with E-state index in [0.29, 0.717) is 5.92 Å². The van der Waals surface area contributed by atoms with Crippen molar-refractivity contribution in [3.8, 4) is 0 Å². The Labute approximate surface area is 117 Å². The number of hydrogen-bond donors (Lipinski definition) is 0. The first-order chi connectivity index (χ1) is 8.52. The molecular weight excluding hydrogens is 240 g/mol. The Morgan fingerprint density at radius 1 is 1.11 bits per heavy atom. The number of hydrogen-bond acceptors (Lipinski definition) is 0. The Morgan fingerprint density at radius 2 is 1.67 bits per heavy atom. The number of alkyl halides is 1. The molecule has 1 atom stereocenters. The van der Waals surface area contributed by atoms with Gasteiger partial charge < -0.3 is 0 Å². The minimum Gasteiger partial charge on any atom is -0.126 e.